The molecule has 3 rings (SSSR count). The van der Waals surface area contributed by atoms with E-state index in [9.17, 15) is 22.4 Å². The van der Waals surface area contributed by atoms with Crippen molar-refractivity contribution in [3.63, 3.8) is 0 Å². The van der Waals surface area contributed by atoms with Gasteiger partial charge in [0.05, 0.1) is 17.2 Å². The Balaban J connectivity index is 1.81. The van der Waals surface area contributed by atoms with Crippen molar-refractivity contribution >= 4 is 27.7 Å². The smallest absolute Gasteiger partial charge is 0.409 e. The molecule has 8 nitrogen and oxygen atoms in total. The zero-order valence-electron chi connectivity index (χ0n) is 17.1. The lowest BCUT2D eigenvalue weighted by molar-refractivity contribution is -0.131. The number of para-hydroxylation sites is 1. The molecule has 2 amide bonds. The maximum Gasteiger partial charge on any atom is 0.409 e. The van der Waals surface area contributed by atoms with E-state index in [1.54, 1.807) is 25.1 Å². The van der Waals surface area contributed by atoms with Gasteiger partial charge in [-0.2, -0.15) is 0 Å². The van der Waals surface area contributed by atoms with Gasteiger partial charge in [0, 0.05) is 26.2 Å². The highest BCUT2D eigenvalue weighted by Crippen LogP contribution is 2.26. The summed E-state index contributed by atoms with van der Waals surface area (Å²) in [6.07, 6.45) is -0.450. The van der Waals surface area contributed by atoms with E-state index in [-0.39, 0.29) is 43.4 Å². The van der Waals surface area contributed by atoms with Crippen LogP contribution in [-0.2, 0) is 19.6 Å². The molecule has 0 spiro atoms. The molecule has 0 atom stereocenters. The van der Waals surface area contributed by atoms with Crippen molar-refractivity contribution in [1.29, 1.82) is 0 Å². The largest absolute Gasteiger partial charge is 0.450 e. The van der Waals surface area contributed by atoms with Crippen molar-refractivity contribution in [2.75, 3.05) is 43.6 Å². The molecule has 1 fully saturated rings. The molecule has 31 heavy (non-hydrogen) atoms. The summed E-state index contributed by atoms with van der Waals surface area (Å²) in [4.78, 5) is 27.7. The molecule has 2 aromatic rings. The predicted octanol–water partition coefficient (Wildman–Crippen LogP) is 2.32. The van der Waals surface area contributed by atoms with E-state index in [0.29, 0.717) is 0 Å². The number of rotatable bonds is 6. The maximum atomic E-state index is 14.5. The van der Waals surface area contributed by atoms with Crippen LogP contribution in [0.5, 0.6) is 0 Å². The minimum Gasteiger partial charge on any atom is -0.450 e. The van der Waals surface area contributed by atoms with Gasteiger partial charge in [0.1, 0.15) is 12.4 Å². The van der Waals surface area contributed by atoms with Crippen LogP contribution in [0.3, 0.4) is 0 Å². The van der Waals surface area contributed by atoms with Crippen LogP contribution in [0, 0.1) is 5.82 Å². The summed E-state index contributed by atoms with van der Waals surface area (Å²) in [5.74, 6) is -1.23. The Hall–Kier alpha value is -3.14. The summed E-state index contributed by atoms with van der Waals surface area (Å²) < 4.78 is 46.7. The third-order valence-electron chi connectivity index (χ3n) is 4.89. The van der Waals surface area contributed by atoms with Crippen molar-refractivity contribution in [3.05, 3.63) is 60.4 Å². The minimum absolute atomic E-state index is 0.0433. The first kappa shape index (κ1) is 22.5. The monoisotopic (exact) mass is 449 g/mol. The van der Waals surface area contributed by atoms with Crippen LogP contribution in [0.2, 0.25) is 0 Å². The number of benzene rings is 2. The molecule has 0 radical (unpaired) electrons. The summed E-state index contributed by atoms with van der Waals surface area (Å²) >= 11 is 0. The highest BCUT2D eigenvalue weighted by molar-refractivity contribution is 7.92. The average Bonchev–Trinajstić information content (AvgIpc) is 2.78. The Kier molecular flexibility index (Phi) is 7.11. The Morgan fingerprint density at radius 1 is 0.968 bits per heavy atom. The second-order valence-electron chi connectivity index (χ2n) is 6.84. The number of hydrogen-bond acceptors (Lipinski definition) is 5. The van der Waals surface area contributed by atoms with Crippen molar-refractivity contribution in [3.8, 4) is 0 Å². The first-order chi connectivity index (χ1) is 14.8. The molecular formula is C21H24FN3O5S. The number of halogens is 1. The SMILES string of the molecule is CCOC(=O)N1CCN(C(=O)CN(c2ccccc2F)S(=O)(=O)c2ccccc2)CC1. The zero-order valence-corrected chi connectivity index (χ0v) is 17.9. The topological polar surface area (TPSA) is 87.2 Å². The van der Waals surface area contributed by atoms with Gasteiger partial charge in [-0.25, -0.2) is 17.6 Å². The number of hydrogen-bond donors (Lipinski definition) is 0. The van der Waals surface area contributed by atoms with E-state index in [1.807, 2.05) is 0 Å². The van der Waals surface area contributed by atoms with Crippen molar-refractivity contribution < 1.29 is 27.1 Å². The molecule has 1 aliphatic heterocycles. The molecule has 0 bridgehead atoms. The quantitative estimate of drug-likeness (QED) is 0.676. The highest BCUT2D eigenvalue weighted by atomic mass is 32.2. The van der Waals surface area contributed by atoms with E-state index >= 15 is 0 Å². The standard InChI is InChI=1S/C21H24FN3O5S/c1-2-30-21(27)24-14-12-23(13-15-24)20(26)16-25(19-11-7-6-10-18(19)22)31(28,29)17-8-4-3-5-9-17/h3-11H,2,12-16H2,1H3. The van der Waals surface area contributed by atoms with Gasteiger partial charge in [-0.15, -0.1) is 0 Å². The summed E-state index contributed by atoms with van der Waals surface area (Å²) in [6.45, 7) is 2.42. The number of sulfonamides is 1. The van der Waals surface area contributed by atoms with Crippen LogP contribution >= 0.6 is 0 Å². The van der Waals surface area contributed by atoms with E-state index in [2.05, 4.69) is 0 Å². The second kappa shape index (κ2) is 9.78. The second-order valence-corrected chi connectivity index (χ2v) is 8.71. The lowest BCUT2D eigenvalue weighted by Crippen LogP contribution is -2.53. The molecule has 1 heterocycles. The van der Waals surface area contributed by atoms with Gasteiger partial charge in [0.15, 0.2) is 0 Å². The van der Waals surface area contributed by atoms with Gasteiger partial charge in [-0.1, -0.05) is 30.3 Å². The fourth-order valence-electron chi connectivity index (χ4n) is 3.25. The lowest BCUT2D eigenvalue weighted by Gasteiger charge is -2.35. The molecule has 0 aliphatic carbocycles. The first-order valence-corrected chi connectivity index (χ1v) is 11.3. The fraction of sp³-hybridized carbons (Fsp3) is 0.333. The number of nitrogens with zero attached hydrogens (tertiary/aromatic N) is 3. The van der Waals surface area contributed by atoms with E-state index in [0.717, 1.165) is 10.4 Å². The Morgan fingerprint density at radius 2 is 1.55 bits per heavy atom. The number of amides is 2. The van der Waals surface area contributed by atoms with E-state index < -0.39 is 34.4 Å². The fourth-order valence-corrected chi connectivity index (χ4v) is 4.69. The van der Waals surface area contributed by atoms with Crippen molar-refractivity contribution in [2.45, 2.75) is 11.8 Å². The molecule has 1 aliphatic rings. The lowest BCUT2D eigenvalue weighted by atomic mass is 10.3. The normalized spacial score (nSPS) is 14.3. The van der Waals surface area contributed by atoms with Crippen LogP contribution in [0.25, 0.3) is 0 Å². The molecule has 10 heteroatoms. The van der Waals surface area contributed by atoms with Crippen LogP contribution in [0.4, 0.5) is 14.9 Å². The molecular weight excluding hydrogens is 425 g/mol. The number of anilines is 1. The van der Waals surface area contributed by atoms with Gasteiger partial charge in [0.25, 0.3) is 10.0 Å². The number of carbonyl (C=O) groups is 2. The molecule has 0 aromatic heterocycles. The summed E-state index contributed by atoms with van der Waals surface area (Å²) in [5, 5.41) is 0. The van der Waals surface area contributed by atoms with Crippen LogP contribution < -0.4 is 4.31 Å². The van der Waals surface area contributed by atoms with Gasteiger partial charge in [-0.05, 0) is 31.2 Å². The molecule has 166 valence electrons. The average molecular weight is 450 g/mol. The van der Waals surface area contributed by atoms with E-state index in [4.69, 9.17) is 4.74 Å². The van der Waals surface area contributed by atoms with Crippen LogP contribution in [-0.4, -0.2) is 69.5 Å². The molecule has 2 aromatic carbocycles. The third kappa shape index (κ3) is 5.13. The minimum atomic E-state index is -4.18. The molecule has 0 saturated carbocycles. The maximum absolute atomic E-state index is 14.5. The van der Waals surface area contributed by atoms with Crippen LogP contribution in [0.15, 0.2) is 59.5 Å². The number of carbonyl (C=O) groups excluding carboxylic acids is 2. The highest BCUT2D eigenvalue weighted by Gasteiger charge is 2.32. The zero-order chi connectivity index (χ0) is 22.4. The molecule has 0 N–H and O–H groups in total. The van der Waals surface area contributed by atoms with Gasteiger partial charge in [0.2, 0.25) is 5.91 Å². The van der Waals surface area contributed by atoms with Crippen molar-refractivity contribution in [2.24, 2.45) is 0 Å². The number of ether oxygens (including phenoxy) is 1. The van der Waals surface area contributed by atoms with Gasteiger partial charge < -0.3 is 14.5 Å². The molecule has 1 saturated heterocycles. The van der Waals surface area contributed by atoms with Gasteiger partial charge in [-0.3, -0.25) is 9.10 Å². The first-order valence-electron chi connectivity index (χ1n) is 9.86. The summed E-state index contributed by atoms with van der Waals surface area (Å²) in [7, 11) is -4.18. The molecule has 0 unspecified atom stereocenters. The van der Waals surface area contributed by atoms with Gasteiger partial charge >= 0.3 is 6.09 Å². The number of piperazine rings is 1. The Bertz CT molecular complexity index is 1020. The Morgan fingerprint density at radius 3 is 2.16 bits per heavy atom. The van der Waals surface area contributed by atoms with Crippen LogP contribution in [0.1, 0.15) is 6.92 Å². The Labute approximate surface area is 180 Å². The van der Waals surface area contributed by atoms with E-state index in [1.165, 1.54) is 40.1 Å². The van der Waals surface area contributed by atoms with Crippen molar-refractivity contribution in [1.82, 2.24) is 9.80 Å². The summed E-state index contributed by atoms with van der Waals surface area (Å²) in [5.41, 5.74) is -0.204. The summed E-state index contributed by atoms with van der Waals surface area (Å²) in [6, 6.07) is 13.0. The third-order valence-corrected chi connectivity index (χ3v) is 6.66. The predicted molar refractivity (Wildman–Crippen MR) is 113 cm³/mol.